The van der Waals surface area contributed by atoms with Crippen molar-refractivity contribution in [3.63, 3.8) is 0 Å². The van der Waals surface area contributed by atoms with Crippen molar-refractivity contribution in [2.75, 3.05) is 0 Å². The van der Waals surface area contributed by atoms with Gasteiger partial charge in [0.05, 0.1) is 125 Å². The van der Waals surface area contributed by atoms with E-state index >= 15 is 0 Å². The van der Waals surface area contributed by atoms with Crippen LogP contribution in [0.5, 0.6) is 0 Å². The fourth-order valence-corrected chi connectivity index (χ4v) is 15.8. The van der Waals surface area contributed by atoms with E-state index < -0.39 is 11.9 Å². The van der Waals surface area contributed by atoms with Crippen LogP contribution in [0.3, 0.4) is 0 Å². The molecule has 9 heterocycles. The summed E-state index contributed by atoms with van der Waals surface area (Å²) >= 11 is 0. The smallest absolute Gasteiger partial charge is 0.241 e. The molecule has 0 unspecified atom stereocenters. The molecule has 18 rings (SSSR count). The summed E-state index contributed by atoms with van der Waals surface area (Å²) in [4.78, 5) is 9.32. The van der Waals surface area contributed by atoms with Gasteiger partial charge in [0, 0.05) is 31.0 Å². The highest BCUT2D eigenvalue weighted by molar-refractivity contribution is 5.54. The van der Waals surface area contributed by atoms with Crippen LogP contribution >= 0.6 is 0 Å². The lowest BCUT2D eigenvalue weighted by Crippen LogP contribution is -2.17. The van der Waals surface area contributed by atoms with Crippen molar-refractivity contribution in [3.8, 4) is 51.2 Å². The van der Waals surface area contributed by atoms with Crippen LogP contribution < -0.4 is 0 Å². The average molecular weight is 1960 g/mol. The second kappa shape index (κ2) is 47.1. The van der Waals surface area contributed by atoms with E-state index in [0.717, 1.165) is 67.6 Å². The molecule has 0 saturated heterocycles. The largest absolute Gasteiger partial charge is 0.436 e. The summed E-state index contributed by atoms with van der Waals surface area (Å²) in [7, 11) is 0. The zero-order chi connectivity index (χ0) is 107. The van der Waals surface area contributed by atoms with Crippen LogP contribution in [0.2, 0.25) is 0 Å². The molecule has 9 aromatic heterocycles. The summed E-state index contributed by atoms with van der Waals surface area (Å²) in [5.74, 6) is -0.235. The first-order chi connectivity index (χ1) is 67.8. The normalized spacial score (nSPS) is 11.9. The molecule has 0 aliphatic rings. The van der Waals surface area contributed by atoms with Gasteiger partial charge in [-0.1, -0.05) is 320 Å². The second-order valence-corrected chi connectivity index (χ2v) is 44.9. The summed E-state index contributed by atoms with van der Waals surface area (Å²) < 4.78 is 56.6. The van der Waals surface area contributed by atoms with Gasteiger partial charge < -0.3 is 0 Å². The Balaban J connectivity index is 0.000000167. The van der Waals surface area contributed by atoms with Crippen molar-refractivity contribution in [2.24, 2.45) is 0 Å². The maximum Gasteiger partial charge on any atom is 0.436 e. The van der Waals surface area contributed by atoms with Gasteiger partial charge in [-0.15, -0.1) is 5.10 Å². The second-order valence-electron chi connectivity index (χ2n) is 44.9. The van der Waals surface area contributed by atoms with E-state index in [9.17, 15) is 17.6 Å². The third kappa shape index (κ3) is 31.3. The van der Waals surface area contributed by atoms with E-state index in [2.05, 4.69) is 389 Å². The number of benzene rings is 9. The molecule has 145 heavy (non-hydrogen) atoms. The van der Waals surface area contributed by atoms with Gasteiger partial charge in [0.2, 0.25) is 0 Å². The molecule has 0 aliphatic heterocycles. The third-order valence-electron chi connectivity index (χ3n) is 23.3. The number of para-hydroxylation sites is 5. The Morgan fingerprint density at radius 2 is 0.572 bits per heavy atom. The van der Waals surface area contributed by atoms with Crippen LogP contribution in [0.25, 0.3) is 51.2 Å². The van der Waals surface area contributed by atoms with Crippen LogP contribution in [0.1, 0.15) is 271 Å². The fraction of sp³-hybridized carbons (Fsp3) is 0.359. The van der Waals surface area contributed by atoms with E-state index in [1.165, 1.54) is 77.7 Å². The van der Waals surface area contributed by atoms with Crippen molar-refractivity contribution in [1.29, 1.82) is 0 Å². The predicted octanol–water partition coefficient (Wildman–Crippen LogP) is 27.6. The lowest BCUT2D eigenvalue weighted by atomic mass is 9.85. The molecule has 0 aliphatic carbocycles. The van der Waals surface area contributed by atoms with E-state index in [-0.39, 0.29) is 54.6 Å². The van der Waals surface area contributed by atoms with Crippen LogP contribution in [-0.4, -0.2) is 119 Å². The molecular weight excluding hydrogens is 1820 g/mol. The minimum atomic E-state index is -4.48. The Kier molecular flexibility index (Phi) is 36.5. The van der Waals surface area contributed by atoms with Crippen LogP contribution in [0, 0.1) is 40.4 Å². The first-order valence-electron chi connectivity index (χ1n) is 48.8. The molecule has 0 amide bonds. The molecule has 0 N–H and O–H groups in total. The number of nitrogens with zero attached hydrogens (tertiary/aromatic N) is 24. The SMILES string of the molecule is CC(C)(C)c1cc(F)ccc1-n1nccn1.CC(C)(C)c1cccc(-n2cccn2)c1.CC(C)(C)c1ccccc1-n1cccn1.CC(C)(C)c1ccccc1-n1ncc(C(F)(F)F)n1.Cc1ccc(-n2nccn2)c(C(C)(C)C)c1.Cc1ccc(C(C)(C)C)c(-n2nccn2)c1.Cc1cccc(C(C)(C)C)c1-n1nccn1.Cc1cccc(C(C)(C)C)c1-n1nccn1.Cc1ccn(-c2ccccc2C(C)(C)C)n1. The summed E-state index contributed by atoms with van der Waals surface area (Å²) in [6.07, 6.45) is 22.7. The Labute approximate surface area is 854 Å². The Bertz CT molecular complexity index is 6810. The molecule has 24 nitrogen and oxygen atoms in total. The van der Waals surface area contributed by atoms with Crippen LogP contribution in [0.15, 0.2) is 305 Å². The van der Waals surface area contributed by atoms with Gasteiger partial charge in [-0.3, -0.25) is 0 Å². The molecule has 0 bridgehead atoms. The van der Waals surface area contributed by atoms with Crippen molar-refractivity contribution in [2.45, 2.75) is 276 Å². The molecule has 0 atom stereocenters. The first-order valence-corrected chi connectivity index (χ1v) is 48.8. The minimum absolute atomic E-state index is 0.0922. The van der Waals surface area contributed by atoms with Gasteiger partial charge in [0.25, 0.3) is 0 Å². The summed E-state index contributed by atoms with van der Waals surface area (Å²) in [6, 6.07) is 68.5. The highest BCUT2D eigenvalue weighted by Gasteiger charge is 2.36. The van der Waals surface area contributed by atoms with Crippen molar-refractivity contribution < 1.29 is 17.6 Å². The fourth-order valence-electron chi connectivity index (χ4n) is 15.8. The van der Waals surface area contributed by atoms with E-state index in [1.54, 1.807) is 118 Å². The number of alkyl halides is 3. The monoisotopic (exact) mass is 1960 g/mol. The molecule has 18 aromatic rings. The molecule has 9 aromatic carbocycles. The highest BCUT2D eigenvalue weighted by Crippen LogP contribution is 2.38. The number of halogens is 4. The third-order valence-corrected chi connectivity index (χ3v) is 23.3. The predicted molar refractivity (Wildman–Crippen MR) is 576 cm³/mol. The van der Waals surface area contributed by atoms with E-state index in [0.29, 0.717) is 5.69 Å². The standard InChI is InChI=1S/C14H18N2.C13H14F3N3.4C13H17N3.2C13H16N2.C12H14FN3/c1-11-9-10-16(15-11)13-8-6-5-7-12(13)14(2,3)4;1-12(2,3)9-6-4-5-7-10(9)19-17-8-11(18-19)13(14,15)16;1-10-5-6-12(16-14-7-8-15-16)11(9-10)13(2,3)4;1-10-5-6-11(13(2,3)4)12(9-10)16-14-7-8-15-16;2*1-10-6-5-7-11(13(2,3)4)12(10)16-14-8-9-15-16;1-13(2,3)11-6-4-7-12(10-11)15-9-5-8-14-15;1-13(2,3)11-7-4-5-8-12(11)15-10-6-9-14-15;1-12(2,3)10-8-9(13)4-5-11(10)16-14-6-7-15-16/h5-10H,1-4H3;4-8H,1-3H3;4*5-9H,1-4H3;2*4-10H,1-3H3;4-8H,1-3H3. The zero-order valence-electron chi connectivity index (χ0n) is 90.6. The van der Waals surface area contributed by atoms with Crippen molar-refractivity contribution >= 4 is 0 Å². The van der Waals surface area contributed by atoms with E-state index in [4.69, 9.17) is 0 Å². The Morgan fingerprint density at radius 3 is 0.966 bits per heavy atom. The Hall–Kier alpha value is -14.8. The lowest BCUT2D eigenvalue weighted by molar-refractivity contribution is -0.141. The van der Waals surface area contributed by atoms with Crippen LogP contribution in [-0.2, 0) is 54.9 Å². The maximum absolute atomic E-state index is 13.3. The molecule has 0 fully saturated rings. The topological polar surface area (TPSA) is 238 Å². The summed E-state index contributed by atoms with van der Waals surface area (Å²) in [6.45, 7) is 68.9. The summed E-state index contributed by atoms with van der Waals surface area (Å²) in [5, 5.41) is 62.1. The number of aromatic nitrogens is 24. The minimum Gasteiger partial charge on any atom is -0.241 e. The molecular formula is C117H146F4N24. The first kappa shape index (κ1) is 112. The van der Waals surface area contributed by atoms with Gasteiger partial charge in [-0.05, 0) is 229 Å². The Morgan fingerprint density at radius 1 is 0.228 bits per heavy atom. The van der Waals surface area contributed by atoms with Crippen LogP contribution in [0.4, 0.5) is 17.6 Å². The summed E-state index contributed by atoms with van der Waals surface area (Å²) in [5.41, 5.74) is 25.4. The molecule has 28 heteroatoms. The number of hydrogen-bond acceptors (Lipinski definition) is 15. The molecule has 762 valence electrons. The van der Waals surface area contributed by atoms with E-state index in [1.807, 2.05) is 118 Å². The maximum atomic E-state index is 13.3. The lowest BCUT2D eigenvalue weighted by Gasteiger charge is -2.23. The highest BCUT2D eigenvalue weighted by atomic mass is 19.4. The van der Waals surface area contributed by atoms with Crippen molar-refractivity contribution in [1.82, 2.24) is 119 Å². The quantitative estimate of drug-likeness (QED) is 0.122. The van der Waals surface area contributed by atoms with Gasteiger partial charge in [-0.25, -0.2) is 18.4 Å². The molecule has 0 spiro atoms. The number of hydrogen-bond donors (Lipinski definition) is 0. The van der Waals surface area contributed by atoms with Gasteiger partial charge in [-0.2, -0.15) is 113 Å². The number of aryl methyl sites for hydroxylation is 5. The van der Waals surface area contributed by atoms with Gasteiger partial charge >= 0.3 is 6.18 Å². The molecule has 0 radical (unpaired) electrons. The van der Waals surface area contributed by atoms with Gasteiger partial charge in [0.1, 0.15) is 5.82 Å². The van der Waals surface area contributed by atoms with Gasteiger partial charge in [0.15, 0.2) is 5.69 Å². The average Bonchev–Trinajstić information content (AvgIpc) is 1.57. The zero-order valence-corrected chi connectivity index (χ0v) is 90.6. The van der Waals surface area contributed by atoms with Crippen molar-refractivity contribution in [3.05, 3.63) is 395 Å². The molecule has 0 saturated carbocycles. The number of rotatable bonds is 9.